The van der Waals surface area contributed by atoms with Crippen LogP contribution in [0.1, 0.15) is 29.6 Å². The summed E-state index contributed by atoms with van der Waals surface area (Å²) in [5.41, 5.74) is 1.80. The Balaban J connectivity index is 1.34. The molecule has 146 valence electrons. The Labute approximate surface area is 160 Å². The van der Waals surface area contributed by atoms with Gasteiger partial charge in [0.1, 0.15) is 0 Å². The van der Waals surface area contributed by atoms with Gasteiger partial charge in [-0.25, -0.2) is 0 Å². The number of benzene rings is 1. The van der Waals surface area contributed by atoms with E-state index in [0.29, 0.717) is 18.1 Å². The van der Waals surface area contributed by atoms with Gasteiger partial charge in [-0.1, -0.05) is 12.1 Å². The molecule has 5 rings (SSSR count). The molecule has 0 bridgehead atoms. The van der Waals surface area contributed by atoms with Crippen molar-refractivity contribution in [2.75, 3.05) is 50.9 Å². The Morgan fingerprint density at radius 2 is 1.81 bits per heavy atom. The van der Waals surface area contributed by atoms with Crippen LogP contribution in [0.3, 0.4) is 0 Å². The summed E-state index contributed by atoms with van der Waals surface area (Å²) in [6, 6.07) is 8.53. The number of fused-ring (bicyclic) bond motifs is 1. The first kappa shape index (κ1) is 17.5. The zero-order valence-electron chi connectivity index (χ0n) is 15.8. The van der Waals surface area contributed by atoms with Crippen LogP contribution in [0.15, 0.2) is 24.3 Å². The van der Waals surface area contributed by atoms with E-state index in [9.17, 15) is 4.79 Å². The van der Waals surface area contributed by atoms with Gasteiger partial charge in [-0.15, -0.1) is 0 Å². The number of carbonyl (C=O) groups excluding carboxylic acids is 1. The van der Waals surface area contributed by atoms with Gasteiger partial charge in [0.05, 0.1) is 37.0 Å². The second-order valence-corrected chi connectivity index (χ2v) is 8.14. The van der Waals surface area contributed by atoms with Gasteiger partial charge in [-0.05, 0) is 44.5 Å². The summed E-state index contributed by atoms with van der Waals surface area (Å²) in [5.74, 6) is 0.520. The van der Waals surface area contributed by atoms with Crippen molar-refractivity contribution in [1.29, 1.82) is 0 Å². The summed E-state index contributed by atoms with van der Waals surface area (Å²) in [7, 11) is 0. The number of nitrogens with zero attached hydrogens (tertiary/aromatic N) is 2. The molecule has 6 heteroatoms. The van der Waals surface area contributed by atoms with Gasteiger partial charge in [-0.2, -0.15) is 0 Å². The molecule has 3 saturated heterocycles. The lowest BCUT2D eigenvalue weighted by Gasteiger charge is -2.51. The van der Waals surface area contributed by atoms with Crippen LogP contribution in [0, 0.1) is 5.92 Å². The van der Waals surface area contributed by atoms with Crippen LogP contribution in [0.2, 0.25) is 0 Å². The summed E-state index contributed by atoms with van der Waals surface area (Å²) < 4.78 is 11.5. The highest BCUT2D eigenvalue weighted by Crippen LogP contribution is 2.43. The number of morpholine rings is 1. The van der Waals surface area contributed by atoms with Crippen molar-refractivity contribution in [1.82, 2.24) is 10.2 Å². The van der Waals surface area contributed by atoms with E-state index in [1.165, 1.54) is 12.8 Å². The molecule has 0 unspecified atom stereocenters. The minimum absolute atomic E-state index is 0.0524. The lowest BCUT2D eigenvalue weighted by Crippen LogP contribution is -2.70. The van der Waals surface area contributed by atoms with Crippen molar-refractivity contribution in [3.63, 3.8) is 0 Å². The molecule has 4 aliphatic rings. The summed E-state index contributed by atoms with van der Waals surface area (Å²) in [6.45, 7) is 6.21. The second-order valence-electron chi connectivity index (χ2n) is 8.14. The number of para-hydroxylation sites is 1. The van der Waals surface area contributed by atoms with Crippen molar-refractivity contribution < 1.29 is 14.3 Å². The zero-order valence-corrected chi connectivity index (χ0v) is 15.8. The average molecular weight is 371 g/mol. The van der Waals surface area contributed by atoms with Crippen molar-refractivity contribution in [2.24, 2.45) is 5.92 Å². The predicted octanol–water partition coefficient (Wildman–Crippen LogP) is 1.50. The number of likely N-dealkylation sites (tertiary alicyclic amines) is 1. The van der Waals surface area contributed by atoms with Crippen LogP contribution in [0.5, 0.6) is 0 Å². The van der Waals surface area contributed by atoms with Crippen LogP contribution < -0.4 is 10.2 Å². The Morgan fingerprint density at radius 3 is 2.63 bits per heavy atom. The molecule has 6 nitrogen and oxygen atoms in total. The van der Waals surface area contributed by atoms with E-state index in [0.717, 1.165) is 63.7 Å². The number of hydrogen-bond acceptors (Lipinski definition) is 5. The molecule has 3 heterocycles. The quantitative estimate of drug-likeness (QED) is 0.869. The number of nitrogens with one attached hydrogen (secondary N) is 1. The fourth-order valence-corrected chi connectivity index (χ4v) is 5.32. The average Bonchev–Trinajstić information content (AvgIpc) is 3.38. The summed E-state index contributed by atoms with van der Waals surface area (Å²) in [6.07, 6.45) is 3.89. The van der Waals surface area contributed by atoms with Crippen LogP contribution >= 0.6 is 0 Å². The Kier molecular flexibility index (Phi) is 4.80. The van der Waals surface area contributed by atoms with E-state index >= 15 is 0 Å². The fraction of sp³-hybridized carbons (Fsp3) is 0.667. The molecular formula is C21H29N3O3. The number of hydrogen-bond donors (Lipinski definition) is 1. The Morgan fingerprint density at radius 1 is 1.04 bits per heavy atom. The Bertz CT molecular complexity index is 680. The lowest BCUT2D eigenvalue weighted by atomic mass is 9.70. The van der Waals surface area contributed by atoms with Crippen LogP contribution in [0.25, 0.3) is 0 Å². The molecule has 1 aliphatic carbocycles. The number of rotatable bonds is 4. The minimum atomic E-state index is 0.0524. The fourth-order valence-electron chi connectivity index (χ4n) is 5.32. The van der Waals surface area contributed by atoms with E-state index in [1.54, 1.807) is 0 Å². The molecule has 1 saturated carbocycles. The van der Waals surface area contributed by atoms with Gasteiger partial charge >= 0.3 is 0 Å². The van der Waals surface area contributed by atoms with Gasteiger partial charge in [-0.3, -0.25) is 9.69 Å². The molecule has 3 aliphatic heterocycles. The number of amides is 1. The van der Waals surface area contributed by atoms with Crippen molar-refractivity contribution in [3.05, 3.63) is 29.8 Å². The summed E-state index contributed by atoms with van der Waals surface area (Å²) >= 11 is 0. The first-order valence-corrected chi connectivity index (χ1v) is 10.4. The van der Waals surface area contributed by atoms with Gasteiger partial charge in [0.25, 0.3) is 5.91 Å². The maximum Gasteiger partial charge on any atom is 0.253 e. The normalized spacial score (nSPS) is 33.6. The highest BCUT2D eigenvalue weighted by Gasteiger charge is 2.56. The third-order valence-electron chi connectivity index (χ3n) is 6.71. The minimum Gasteiger partial charge on any atom is -0.378 e. The van der Waals surface area contributed by atoms with Crippen molar-refractivity contribution in [3.8, 4) is 0 Å². The van der Waals surface area contributed by atoms with Crippen LogP contribution in [-0.2, 0) is 9.47 Å². The van der Waals surface area contributed by atoms with Gasteiger partial charge in [0.15, 0.2) is 0 Å². The first-order chi connectivity index (χ1) is 13.3. The van der Waals surface area contributed by atoms with Crippen molar-refractivity contribution in [2.45, 2.75) is 37.5 Å². The monoisotopic (exact) mass is 371 g/mol. The number of carbonyl (C=O) groups is 1. The number of anilines is 1. The van der Waals surface area contributed by atoms with Crippen molar-refractivity contribution >= 4 is 11.6 Å². The topological polar surface area (TPSA) is 54.0 Å². The summed E-state index contributed by atoms with van der Waals surface area (Å²) in [5, 5.41) is 3.39. The maximum atomic E-state index is 13.2. The van der Waals surface area contributed by atoms with E-state index in [2.05, 4.69) is 21.2 Å². The Hall–Kier alpha value is -1.63. The molecule has 27 heavy (non-hydrogen) atoms. The molecule has 1 N–H and O–H groups in total. The van der Waals surface area contributed by atoms with Gasteiger partial charge < -0.3 is 19.7 Å². The zero-order chi connectivity index (χ0) is 18.2. The predicted molar refractivity (Wildman–Crippen MR) is 103 cm³/mol. The highest BCUT2D eigenvalue weighted by molar-refractivity contribution is 6.00. The lowest BCUT2D eigenvalue weighted by molar-refractivity contribution is -0.0747. The third kappa shape index (κ3) is 3.13. The largest absolute Gasteiger partial charge is 0.378 e. The SMILES string of the molecule is O=C(N[C@H]1[C@H]2CCO[C@H]2[C@@H]1N1CCCC1)c1ccccc1N1CCOCC1. The van der Waals surface area contributed by atoms with E-state index in [4.69, 9.17) is 9.47 Å². The molecule has 0 spiro atoms. The molecule has 1 amide bonds. The van der Waals surface area contributed by atoms with E-state index in [-0.39, 0.29) is 11.9 Å². The molecule has 1 aromatic rings. The maximum absolute atomic E-state index is 13.2. The smallest absolute Gasteiger partial charge is 0.253 e. The van der Waals surface area contributed by atoms with Crippen LogP contribution in [0.4, 0.5) is 5.69 Å². The number of ether oxygens (including phenoxy) is 2. The third-order valence-corrected chi connectivity index (χ3v) is 6.71. The molecule has 4 fully saturated rings. The molecular weight excluding hydrogens is 342 g/mol. The first-order valence-electron chi connectivity index (χ1n) is 10.4. The molecule has 0 radical (unpaired) electrons. The molecule has 1 aromatic carbocycles. The molecule has 0 aromatic heterocycles. The highest BCUT2D eigenvalue weighted by atomic mass is 16.5. The summed E-state index contributed by atoms with van der Waals surface area (Å²) in [4.78, 5) is 18.0. The van der Waals surface area contributed by atoms with E-state index in [1.807, 2.05) is 18.2 Å². The van der Waals surface area contributed by atoms with Crippen LogP contribution in [-0.4, -0.2) is 75.0 Å². The van der Waals surface area contributed by atoms with E-state index < -0.39 is 0 Å². The second kappa shape index (κ2) is 7.41. The molecule has 4 atom stereocenters. The standard InChI is InChI=1S/C21H29N3O3/c25-21(15-5-1-2-6-17(15)23-10-13-26-14-11-23)22-18-16-7-12-27-20(16)19(18)24-8-3-4-9-24/h1-2,5-6,16,18-20H,3-4,7-14H2,(H,22,25)/t16-,18+,19-,20-/m1/s1. The van der Waals surface area contributed by atoms with Gasteiger partial charge in [0.2, 0.25) is 0 Å². The van der Waals surface area contributed by atoms with Gasteiger partial charge in [0, 0.05) is 31.3 Å².